The fraction of sp³-hybridized carbons (Fsp3) is 0.375. The summed E-state index contributed by atoms with van der Waals surface area (Å²) in [7, 11) is 0. The molecule has 0 atom stereocenters. The number of halogens is 9. The van der Waals surface area contributed by atoms with Crippen LogP contribution in [0.3, 0.4) is 0 Å². The summed E-state index contributed by atoms with van der Waals surface area (Å²) in [6.07, 6.45) is -11.1. The molecule has 0 saturated heterocycles. The third-order valence-electron chi connectivity index (χ3n) is 1.81. The number of alkyl halides is 8. The van der Waals surface area contributed by atoms with Gasteiger partial charge < -0.3 is 0 Å². The summed E-state index contributed by atoms with van der Waals surface area (Å²) >= 11 is 2.52. The van der Waals surface area contributed by atoms with Crippen molar-refractivity contribution in [2.75, 3.05) is 0 Å². The first-order chi connectivity index (χ1) is 7.87. The molecule has 1 aromatic rings. The van der Waals surface area contributed by atoms with E-state index in [0.29, 0.717) is 6.20 Å². The Labute approximate surface area is 103 Å². The average Bonchev–Trinajstić information content (AvgIpc) is 2.13. The van der Waals surface area contributed by atoms with Crippen molar-refractivity contribution in [1.82, 2.24) is 4.98 Å². The first-order valence-electron chi connectivity index (χ1n) is 4.05. The normalized spacial score (nSPS) is 13.8. The summed E-state index contributed by atoms with van der Waals surface area (Å²) < 4.78 is 98.6. The van der Waals surface area contributed by atoms with Crippen molar-refractivity contribution < 1.29 is 35.1 Å². The van der Waals surface area contributed by atoms with Crippen LogP contribution in [0.25, 0.3) is 0 Å². The molecule has 1 heterocycles. The summed E-state index contributed by atoms with van der Waals surface area (Å²) in [4.78, 5) is 2.55. The van der Waals surface area contributed by atoms with Crippen molar-refractivity contribution in [3.05, 3.63) is 28.0 Å². The van der Waals surface area contributed by atoms with E-state index in [1.807, 2.05) is 0 Å². The molecule has 1 rings (SSSR count). The molecule has 0 spiro atoms. The first-order valence-corrected chi connectivity index (χ1v) is 4.84. The Morgan fingerprint density at radius 2 is 1.44 bits per heavy atom. The summed E-state index contributed by atoms with van der Waals surface area (Å²) in [5.41, 5.74) is -4.51. The fourth-order valence-electron chi connectivity index (χ4n) is 1.04. The van der Waals surface area contributed by atoms with Crippen LogP contribution in [0, 0.1) is 0 Å². The Hall–Kier alpha value is -0.930. The molecule has 0 aliphatic heterocycles. The quantitative estimate of drug-likeness (QED) is 0.683. The van der Waals surface area contributed by atoms with Crippen LogP contribution >= 0.6 is 15.9 Å². The number of hydrogen-bond acceptors (Lipinski definition) is 1. The van der Waals surface area contributed by atoms with Gasteiger partial charge in [0.2, 0.25) is 0 Å². The maximum Gasteiger partial charge on any atom is 0.459 e. The molecule has 10 heteroatoms. The molecular weight excluding hydrogens is 342 g/mol. The molecule has 1 nitrogen and oxygen atoms in total. The molecule has 0 aliphatic rings. The molecule has 0 aliphatic carbocycles. The van der Waals surface area contributed by atoms with Gasteiger partial charge in [0.1, 0.15) is 5.69 Å². The van der Waals surface area contributed by atoms with Crippen molar-refractivity contribution in [1.29, 1.82) is 0 Å². The third-order valence-corrected chi connectivity index (χ3v) is 2.25. The molecule has 0 bridgehead atoms. The van der Waals surface area contributed by atoms with Crippen LogP contribution in [-0.4, -0.2) is 11.2 Å². The first kappa shape index (κ1) is 15.1. The van der Waals surface area contributed by atoms with E-state index in [4.69, 9.17) is 0 Å². The van der Waals surface area contributed by atoms with Gasteiger partial charge in [0.25, 0.3) is 0 Å². The molecule has 0 saturated carbocycles. The molecule has 18 heavy (non-hydrogen) atoms. The minimum atomic E-state index is -6.16. The standard InChI is InChI=1S/C8H2BrF8N/c9-3-1-4(7(12,13)14)5(18-2-3)6(10,11)8(15,16)17/h1-2H. The van der Waals surface area contributed by atoms with Crippen LogP contribution in [0.15, 0.2) is 16.7 Å². The molecule has 0 unspecified atom stereocenters. The second kappa shape index (κ2) is 4.32. The Morgan fingerprint density at radius 3 is 1.83 bits per heavy atom. The van der Waals surface area contributed by atoms with Gasteiger partial charge >= 0.3 is 18.3 Å². The van der Waals surface area contributed by atoms with E-state index in [1.165, 1.54) is 0 Å². The van der Waals surface area contributed by atoms with Gasteiger partial charge in [0.05, 0.1) is 5.56 Å². The lowest BCUT2D eigenvalue weighted by molar-refractivity contribution is -0.292. The second-order valence-electron chi connectivity index (χ2n) is 3.12. The van der Waals surface area contributed by atoms with Gasteiger partial charge in [-0.3, -0.25) is 4.98 Å². The Kier molecular flexibility index (Phi) is 3.63. The van der Waals surface area contributed by atoms with Crippen LogP contribution in [-0.2, 0) is 12.1 Å². The van der Waals surface area contributed by atoms with E-state index in [1.54, 1.807) is 0 Å². The summed E-state index contributed by atoms with van der Waals surface area (Å²) in [6.45, 7) is 0. The lowest BCUT2D eigenvalue weighted by atomic mass is 10.1. The van der Waals surface area contributed by atoms with Crippen molar-refractivity contribution in [3.8, 4) is 0 Å². The lowest BCUT2D eigenvalue weighted by Crippen LogP contribution is -2.36. The van der Waals surface area contributed by atoms with E-state index in [0.717, 1.165) is 0 Å². The second-order valence-corrected chi connectivity index (χ2v) is 4.04. The van der Waals surface area contributed by atoms with Gasteiger partial charge in [0.15, 0.2) is 0 Å². The maximum absolute atomic E-state index is 12.9. The predicted octanol–water partition coefficient (Wildman–Crippen LogP) is 4.52. The van der Waals surface area contributed by atoms with Crippen LogP contribution < -0.4 is 0 Å². The molecule has 0 fully saturated rings. The molecule has 0 aromatic carbocycles. The number of rotatable bonds is 1. The van der Waals surface area contributed by atoms with Crippen LogP contribution in [0.1, 0.15) is 11.3 Å². The molecule has 0 radical (unpaired) electrons. The Balaban J connectivity index is 3.52. The zero-order chi connectivity index (χ0) is 14.4. The van der Waals surface area contributed by atoms with Crippen LogP contribution in [0.4, 0.5) is 35.1 Å². The van der Waals surface area contributed by atoms with Gasteiger partial charge in [-0.25, -0.2) is 0 Å². The third kappa shape index (κ3) is 2.73. The highest BCUT2D eigenvalue weighted by molar-refractivity contribution is 9.10. The fourth-order valence-corrected chi connectivity index (χ4v) is 1.37. The van der Waals surface area contributed by atoms with Gasteiger partial charge in [0, 0.05) is 10.7 Å². The zero-order valence-corrected chi connectivity index (χ0v) is 9.59. The highest BCUT2D eigenvalue weighted by Crippen LogP contribution is 2.47. The summed E-state index contributed by atoms with van der Waals surface area (Å²) in [6, 6.07) is 0.113. The largest absolute Gasteiger partial charge is 0.459 e. The van der Waals surface area contributed by atoms with E-state index in [2.05, 4.69) is 20.9 Å². The topological polar surface area (TPSA) is 12.9 Å². The van der Waals surface area contributed by atoms with Gasteiger partial charge in [-0.2, -0.15) is 35.1 Å². The number of nitrogens with zero attached hydrogens (tertiary/aromatic N) is 1. The molecule has 0 amide bonds. The van der Waals surface area contributed by atoms with Crippen LogP contribution in [0.2, 0.25) is 0 Å². The van der Waals surface area contributed by atoms with Gasteiger partial charge in [-0.1, -0.05) is 0 Å². The van der Waals surface area contributed by atoms with Crippen molar-refractivity contribution in [3.63, 3.8) is 0 Å². The smallest absolute Gasteiger partial charge is 0.253 e. The number of aromatic nitrogens is 1. The van der Waals surface area contributed by atoms with Gasteiger partial charge in [-0.05, 0) is 22.0 Å². The minimum Gasteiger partial charge on any atom is -0.253 e. The molecular formula is C8H2BrF8N. The molecule has 0 N–H and O–H groups in total. The summed E-state index contributed by atoms with van der Waals surface area (Å²) in [5.74, 6) is -5.68. The minimum absolute atomic E-state index is 0.113. The van der Waals surface area contributed by atoms with Crippen molar-refractivity contribution >= 4 is 15.9 Å². The van der Waals surface area contributed by atoms with Crippen molar-refractivity contribution in [2.24, 2.45) is 0 Å². The number of hydrogen-bond donors (Lipinski definition) is 0. The molecule has 102 valence electrons. The van der Waals surface area contributed by atoms with Gasteiger partial charge in [-0.15, -0.1) is 0 Å². The van der Waals surface area contributed by atoms with E-state index >= 15 is 0 Å². The Morgan fingerprint density at radius 1 is 0.944 bits per heavy atom. The number of pyridine rings is 1. The van der Waals surface area contributed by atoms with E-state index in [-0.39, 0.29) is 10.5 Å². The highest BCUT2D eigenvalue weighted by Gasteiger charge is 2.62. The SMILES string of the molecule is FC(F)(F)c1cc(Br)cnc1C(F)(F)C(F)(F)F. The summed E-state index contributed by atoms with van der Waals surface area (Å²) in [5, 5.41) is 0. The highest BCUT2D eigenvalue weighted by atomic mass is 79.9. The lowest BCUT2D eigenvalue weighted by Gasteiger charge is -2.22. The predicted molar refractivity (Wildman–Crippen MR) is 46.9 cm³/mol. The Bertz CT molecular complexity index is 449. The average molecular weight is 344 g/mol. The van der Waals surface area contributed by atoms with Crippen molar-refractivity contribution in [2.45, 2.75) is 18.3 Å². The monoisotopic (exact) mass is 343 g/mol. The van der Waals surface area contributed by atoms with Crippen LogP contribution in [0.5, 0.6) is 0 Å². The van der Waals surface area contributed by atoms with E-state index in [9.17, 15) is 35.1 Å². The maximum atomic E-state index is 12.9. The van der Waals surface area contributed by atoms with E-state index < -0.39 is 29.5 Å². The molecule has 1 aromatic heterocycles. The zero-order valence-electron chi connectivity index (χ0n) is 8.00.